The van der Waals surface area contributed by atoms with Gasteiger partial charge < -0.3 is 15.5 Å². The Balaban J connectivity index is 0.00000306. The van der Waals surface area contributed by atoms with Crippen LogP contribution in [0.1, 0.15) is 49.8 Å². The number of anilines is 2. The van der Waals surface area contributed by atoms with E-state index in [0.29, 0.717) is 12.0 Å². The zero-order valence-electron chi connectivity index (χ0n) is 19.8. The molecule has 33 heavy (non-hydrogen) atoms. The van der Waals surface area contributed by atoms with Crippen LogP contribution >= 0.6 is 12.4 Å². The maximum Gasteiger partial charge on any atom is 0.224 e. The molecule has 7 heteroatoms. The van der Waals surface area contributed by atoms with Crippen LogP contribution in [0, 0.1) is 12.8 Å². The molecule has 0 radical (unpaired) electrons. The third-order valence-electron chi connectivity index (χ3n) is 6.45. The Labute approximate surface area is 202 Å². The number of amides is 1. The third kappa shape index (κ3) is 5.74. The molecule has 0 saturated heterocycles. The molecule has 2 aromatic carbocycles. The van der Waals surface area contributed by atoms with Gasteiger partial charge in [0.05, 0.1) is 6.04 Å². The van der Waals surface area contributed by atoms with Crippen molar-refractivity contribution in [2.24, 2.45) is 5.92 Å². The van der Waals surface area contributed by atoms with Gasteiger partial charge in [0.15, 0.2) is 0 Å². The molecule has 1 fully saturated rings. The Morgan fingerprint density at radius 1 is 1.06 bits per heavy atom. The van der Waals surface area contributed by atoms with Gasteiger partial charge in [-0.25, -0.2) is 4.98 Å². The van der Waals surface area contributed by atoms with Gasteiger partial charge in [0.25, 0.3) is 0 Å². The Kier molecular flexibility index (Phi) is 8.14. The Morgan fingerprint density at radius 3 is 2.48 bits per heavy atom. The number of carbonyl (C=O) groups excluding carboxylic acids is 1. The zero-order chi connectivity index (χ0) is 22.7. The molecule has 1 saturated carbocycles. The number of hydrogen-bond acceptors (Lipinski definition) is 5. The van der Waals surface area contributed by atoms with Crippen LogP contribution in [-0.2, 0) is 4.79 Å². The lowest BCUT2D eigenvalue weighted by atomic mass is 9.85. The summed E-state index contributed by atoms with van der Waals surface area (Å²) in [5, 5.41) is 9.13. The van der Waals surface area contributed by atoms with E-state index in [1.807, 2.05) is 44.2 Å². The molecule has 0 spiro atoms. The Hall–Kier alpha value is -2.86. The van der Waals surface area contributed by atoms with Gasteiger partial charge in [0.2, 0.25) is 11.9 Å². The summed E-state index contributed by atoms with van der Waals surface area (Å²) >= 11 is 0. The van der Waals surface area contributed by atoms with E-state index in [2.05, 4.69) is 57.9 Å². The molecule has 1 aliphatic rings. The molecule has 1 amide bonds. The van der Waals surface area contributed by atoms with Crippen molar-refractivity contribution in [3.8, 4) is 0 Å². The van der Waals surface area contributed by atoms with Crippen molar-refractivity contribution in [2.75, 3.05) is 24.3 Å². The summed E-state index contributed by atoms with van der Waals surface area (Å²) in [6, 6.07) is 14.9. The number of aromatic nitrogens is 2. The number of halogens is 1. The van der Waals surface area contributed by atoms with Crippen LogP contribution < -0.4 is 15.5 Å². The van der Waals surface area contributed by atoms with Gasteiger partial charge in [0.1, 0.15) is 5.82 Å². The molecule has 0 unspecified atom stereocenters. The van der Waals surface area contributed by atoms with Gasteiger partial charge in [0, 0.05) is 37.8 Å². The van der Waals surface area contributed by atoms with Crippen LogP contribution in [0.2, 0.25) is 0 Å². The van der Waals surface area contributed by atoms with E-state index in [-0.39, 0.29) is 30.3 Å². The average molecular weight is 468 g/mol. The van der Waals surface area contributed by atoms with Gasteiger partial charge in [-0.2, -0.15) is 4.98 Å². The SMILES string of the molecule is Cc1cnc(N[C@H]2CC[C@@H](C(=O)N[C@H](C)c3cccc4ccccc34)CC2)nc1N(C)C.Cl. The second-order valence-corrected chi connectivity index (χ2v) is 9.09. The summed E-state index contributed by atoms with van der Waals surface area (Å²) in [4.78, 5) is 24.1. The molecule has 3 aromatic rings. The summed E-state index contributed by atoms with van der Waals surface area (Å²) in [7, 11) is 3.98. The van der Waals surface area contributed by atoms with Crippen molar-refractivity contribution < 1.29 is 4.79 Å². The van der Waals surface area contributed by atoms with Crippen molar-refractivity contribution >= 4 is 40.9 Å². The minimum absolute atomic E-state index is 0. The highest BCUT2D eigenvalue weighted by atomic mass is 35.5. The lowest BCUT2D eigenvalue weighted by Crippen LogP contribution is -2.37. The molecular formula is C26H34ClN5O. The topological polar surface area (TPSA) is 70.1 Å². The first-order valence-corrected chi connectivity index (χ1v) is 11.5. The lowest BCUT2D eigenvalue weighted by molar-refractivity contribution is -0.126. The minimum atomic E-state index is -0.0186. The minimum Gasteiger partial charge on any atom is -0.362 e. The number of nitrogens with one attached hydrogen (secondary N) is 2. The number of rotatable bonds is 6. The first-order chi connectivity index (χ1) is 15.4. The molecule has 0 aliphatic heterocycles. The second kappa shape index (κ2) is 10.8. The van der Waals surface area contributed by atoms with Crippen molar-refractivity contribution in [3.63, 3.8) is 0 Å². The highest BCUT2D eigenvalue weighted by Gasteiger charge is 2.28. The Bertz CT molecular complexity index is 1090. The summed E-state index contributed by atoms with van der Waals surface area (Å²) in [6.45, 7) is 4.09. The van der Waals surface area contributed by atoms with Crippen molar-refractivity contribution in [3.05, 3.63) is 59.8 Å². The fraction of sp³-hybridized carbons (Fsp3) is 0.423. The standard InChI is InChI=1S/C26H33N5O.ClH/c1-17-16-27-26(30-24(17)31(3)4)29-21-14-12-20(13-15-21)25(32)28-18(2)22-11-7-9-19-8-5-6-10-23(19)22;/h5-11,16,18,20-21H,12-15H2,1-4H3,(H,28,32)(H,27,29,30);1H/t18-,20-,21+;/m1./s1. The fourth-order valence-electron chi connectivity index (χ4n) is 4.67. The first kappa shape index (κ1) is 24.8. The normalized spacial score (nSPS) is 18.8. The molecule has 176 valence electrons. The van der Waals surface area contributed by atoms with E-state index in [9.17, 15) is 4.79 Å². The van der Waals surface area contributed by atoms with E-state index >= 15 is 0 Å². The highest BCUT2D eigenvalue weighted by molar-refractivity contribution is 5.87. The van der Waals surface area contributed by atoms with Crippen LogP contribution in [0.4, 0.5) is 11.8 Å². The first-order valence-electron chi connectivity index (χ1n) is 11.5. The van der Waals surface area contributed by atoms with Crippen LogP contribution in [0.5, 0.6) is 0 Å². The number of aryl methyl sites for hydroxylation is 1. The largest absolute Gasteiger partial charge is 0.362 e. The number of carbonyl (C=O) groups is 1. The van der Waals surface area contributed by atoms with Crippen molar-refractivity contribution in [1.29, 1.82) is 0 Å². The number of hydrogen-bond donors (Lipinski definition) is 2. The summed E-state index contributed by atoms with van der Waals surface area (Å²) < 4.78 is 0. The molecule has 0 bridgehead atoms. The van der Waals surface area contributed by atoms with Crippen LogP contribution in [0.15, 0.2) is 48.7 Å². The van der Waals surface area contributed by atoms with Crippen molar-refractivity contribution in [1.82, 2.24) is 15.3 Å². The summed E-state index contributed by atoms with van der Waals surface area (Å²) in [5.74, 6) is 1.81. The Morgan fingerprint density at radius 2 is 1.76 bits per heavy atom. The van der Waals surface area contributed by atoms with Crippen molar-refractivity contribution in [2.45, 2.75) is 51.6 Å². The molecule has 2 N–H and O–H groups in total. The molecular weight excluding hydrogens is 434 g/mol. The number of fused-ring (bicyclic) bond motifs is 1. The number of nitrogens with zero attached hydrogens (tertiary/aromatic N) is 3. The quantitative estimate of drug-likeness (QED) is 0.516. The lowest BCUT2D eigenvalue weighted by Gasteiger charge is -2.29. The second-order valence-electron chi connectivity index (χ2n) is 9.09. The molecule has 1 heterocycles. The summed E-state index contributed by atoms with van der Waals surface area (Å²) in [5.41, 5.74) is 2.22. The van der Waals surface area contributed by atoms with Gasteiger partial charge in [-0.1, -0.05) is 42.5 Å². The van der Waals surface area contributed by atoms with E-state index in [4.69, 9.17) is 0 Å². The molecule has 1 aromatic heterocycles. The molecule has 1 aliphatic carbocycles. The van der Waals surface area contributed by atoms with Gasteiger partial charge in [-0.3, -0.25) is 4.79 Å². The summed E-state index contributed by atoms with van der Waals surface area (Å²) in [6.07, 6.45) is 5.49. The molecule has 4 rings (SSSR count). The van der Waals surface area contributed by atoms with E-state index in [1.165, 1.54) is 16.3 Å². The van der Waals surface area contributed by atoms with Gasteiger partial charge in [-0.15, -0.1) is 12.4 Å². The van der Waals surface area contributed by atoms with E-state index in [1.54, 1.807) is 0 Å². The molecule has 6 nitrogen and oxygen atoms in total. The smallest absolute Gasteiger partial charge is 0.224 e. The van der Waals surface area contributed by atoms with Gasteiger partial charge >= 0.3 is 0 Å². The highest BCUT2D eigenvalue weighted by Crippen LogP contribution is 2.29. The number of benzene rings is 2. The fourth-order valence-corrected chi connectivity index (χ4v) is 4.67. The monoisotopic (exact) mass is 467 g/mol. The van der Waals surface area contributed by atoms with E-state index in [0.717, 1.165) is 37.1 Å². The zero-order valence-corrected chi connectivity index (χ0v) is 20.7. The van der Waals surface area contributed by atoms with Crippen LogP contribution in [0.25, 0.3) is 10.8 Å². The molecule has 1 atom stereocenters. The van der Waals surface area contributed by atoms with Gasteiger partial charge in [-0.05, 0) is 55.9 Å². The third-order valence-corrected chi connectivity index (χ3v) is 6.45. The maximum absolute atomic E-state index is 13.0. The van der Waals surface area contributed by atoms with Crippen LogP contribution in [-0.4, -0.2) is 36.0 Å². The van der Waals surface area contributed by atoms with E-state index < -0.39 is 0 Å². The van der Waals surface area contributed by atoms with Crippen LogP contribution in [0.3, 0.4) is 0 Å². The maximum atomic E-state index is 13.0. The predicted molar refractivity (Wildman–Crippen MR) is 138 cm³/mol. The average Bonchev–Trinajstić information content (AvgIpc) is 2.80. The predicted octanol–water partition coefficient (Wildman–Crippen LogP) is 5.27.